The molecule has 2 saturated carbocycles. The molecule has 9 heteroatoms. The van der Waals surface area contributed by atoms with Gasteiger partial charge in [0.15, 0.2) is 0 Å². The van der Waals surface area contributed by atoms with Crippen molar-refractivity contribution in [3.8, 4) is 0 Å². The predicted octanol–water partition coefficient (Wildman–Crippen LogP) is 1.68. The standard InChI is InChI=1S/C21H32N4O4S/c1-25(18-7-4-8-18)21(27)19(22)14-9-11-16(12-10-14)23-20(26)15-5-3-6-17(13-15)24-30(2,28)29/h3,5-6,13-14,16,18-19,24H,4,7-12,22H2,1-2H3,(H,23,26)/t14?,16?,19-/m0/s1. The first-order chi connectivity index (χ1) is 14.1. The first kappa shape index (κ1) is 22.6. The summed E-state index contributed by atoms with van der Waals surface area (Å²) in [6.45, 7) is 0. The molecule has 0 spiro atoms. The van der Waals surface area contributed by atoms with E-state index < -0.39 is 16.1 Å². The van der Waals surface area contributed by atoms with E-state index in [9.17, 15) is 18.0 Å². The number of benzene rings is 1. The molecule has 2 amide bonds. The number of anilines is 1. The van der Waals surface area contributed by atoms with Gasteiger partial charge in [0, 0.05) is 30.4 Å². The summed E-state index contributed by atoms with van der Waals surface area (Å²) in [5.74, 6) is -0.0708. The van der Waals surface area contributed by atoms with Crippen LogP contribution in [0.4, 0.5) is 5.69 Å². The first-order valence-electron chi connectivity index (χ1n) is 10.5. The number of nitrogens with two attached hydrogens (primary N) is 1. The molecule has 3 rings (SSSR count). The number of carbonyl (C=O) groups is 2. The first-order valence-corrected chi connectivity index (χ1v) is 12.4. The number of hydrogen-bond acceptors (Lipinski definition) is 5. The maximum atomic E-state index is 12.6. The number of amides is 2. The Kier molecular flexibility index (Phi) is 7.02. The second-order valence-electron chi connectivity index (χ2n) is 8.60. The van der Waals surface area contributed by atoms with Gasteiger partial charge in [0.05, 0.1) is 12.3 Å². The van der Waals surface area contributed by atoms with E-state index >= 15 is 0 Å². The highest BCUT2D eigenvalue weighted by molar-refractivity contribution is 7.92. The average Bonchev–Trinajstić information content (AvgIpc) is 2.65. The molecule has 4 N–H and O–H groups in total. The largest absolute Gasteiger partial charge is 0.349 e. The van der Waals surface area contributed by atoms with Gasteiger partial charge in [-0.2, -0.15) is 0 Å². The van der Waals surface area contributed by atoms with Crippen molar-refractivity contribution in [3.05, 3.63) is 29.8 Å². The van der Waals surface area contributed by atoms with E-state index in [1.807, 2.05) is 11.9 Å². The summed E-state index contributed by atoms with van der Waals surface area (Å²) < 4.78 is 25.1. The number of likely N-dealkylation sites (N-methyl/N-ethyl adjacent to an activating group) is 1. The fraction of sp³-hybridized carbons (Fsp3) is 0.619. The lowest BCUT2D eigenvalue weighted by Gasteiger charge is -2.38. The van der Waals surface area contributed by atoms with E-state index in [0.717, 1.165) is 44.8 Å². The third-order valence-electron chi connectivity index (χ3n) is 6.30. The van der Waals surface area contributed by atoms with E-state index in [1.54, 1.807) is 18.2 Å². The van der Waals surface area contributed by atoms with Crippen LogP contribution < -0.4 is 15.8 Å². The number of carbonyl (C=O) groups excluding carboxylic acids is 2. The average molecular weight is 437 g/mol. The van der Waals surface area contributed by atoms with Gasteiger partial charge in [-0.05, 0) is 69.1 Å². The lowest BCUT2D eigenvalue weighted by Crippen LogP contribution is -2.52. The van der Waals surface area contributed by atoms with Crippen LogP contribution in [-0.4, -0.2) is 56.6 Å². The van der Waals surface area contributed by atoms with Crippen LogP contribution >= 0.6 is 0 Å². The zero-order valence-electron chi connectivity index (χ0n) is 17.6. The Morgan fingerprint density at radius 3 is 2.37 bits per heavy atom. The Labute approximate surface area is 178 Å². The molecule has 2 aliphatic carbocycles. The van der Waals surface area contributed by atoms with Crippen molar-refractivity contribution in [2.24, 2.45) is 11.7 Å². The lowest BCUT2D eigenvalue weighted by molar-refractivity contribution is -0.136. The quantitative estimate of drug-likeness (QED) is 0.600. The van der Waals surface area contributed by atoms with Gasteiger partial charge in [0.25, 0.3) is 5.91 Å². The fourth-order valence-corrected chi connectivity index (χ4v) is 4.78. The highest BCUT2D eigenvalue weighted by atomic mass is 32.2. The van der Waals surface area contributed by atoms with Crippen LogP contribution in [0.15, 0.2) is 24.3 Å². The summed E-state index contributed by atoms with van der Waals surface area (Å²) in [6, 6.07) is 6.29. The van der Waals surface area contributed by atoms with Gasteiger partial charge in [0.1, 0.15) is 0 Å². The third-order valence-corrected chi connectivity index (χ3v) is 6.90. The molecule has 0 unspecified atom stereocenters. The highest BCUT2D eigenvalue weighted by Crippen LogP contribution is 2.29. The molecule has 0 aliphatic heterocycles. The fourth-order valence-electron chi connectivity index (χ4n) is 4.22. The minimum Gasteiger partial charge on any atom is -0.349 e. The normalized spacial score (nSPS) is 23.2. The predicted molar refractivity (Wildman–Crippen MR) is 117 cm³/mol. The third kappa shape index (κ3) is 5.72. The summed E-state index contributed by atoms with van der Waals surface area (Å²) in [6.07, 6.45) is 7.51. The molecule has 1 aromatic carbocycles. The van der Waals surface area contributed by atoms with Gasteiger partial charge in [0.2, 0.25) is 15.9 Å². The molecular weight excluding hydrogens is 404 g/mol. The molecule has 30 heavy (non-hydrogen) atoms. The Morgan fingerprint density at radius 1 is 1.13 bits per heavy atom. The van der Waals surface area contributed by atoms with Crippen molar-refractivity contribution in [2.45, 2.75) is 63.1 Å². The number of hydrogen-bond donors (Lipinski definition) is 3. The Morgan fingerprint density at radius 2 is 1.80 bits per heavy atom. The Balaban J connectivity index is 1.50. The van der Waals surface area contributed by atoms with Crippen molar-refractivity contribution in [3.63, 3.8) is 0 Å². The van der Waals surface area contributed by atoms with Crippen LogP contribution in [0.5, 0.6) is 0 Å². The van der Waals surface area contributed by atoms with Gasteiger partial charge in [-0.1, -0.05) is 6.07 Å². The second kappa shape index (κ2) is 9.34. The van der Waals surface area contributed by atoms with E-state index in [0.29, 0.717) is 17.3 Å². The molecule has 2 aliphatic rings. The van der Waals surface area contributed by atoms with Crippen molar-refractivity contribution < 1.29 is 18.0 Å². The van der Waals surface area contributed by atoms with Crippen LogP contribution in [0.2, 0.25) is 0 Å². The summed E-state index contributed by atoms with van der Waals surface area (Å²) in [4.78, 5) is 27.0. The van der Waals surface area contributed by atoms with E-state index in [1.165, 1.54) is 12.5 Å². The zero-order chi connectivity index (χ0) is 21.9. The molecule has 0 saturated heterocycles. The highest BCUT2D eigenvalue weighted by Gasteiger charge is 2.34. The smallest absolute Gasteiger partial charge is 0.251 e. The lowest BCUT2D eigenvalue weighted by atomic mass is 9.80. The molecular formula is C21H32N4O4S. The van der Waals surface area contributed by atoms with Crippen molar-refractivity contribution >= 4 is 27.5 Å². The van der Waals surface area contributed by atoms with Crippen LogP contribution in [0.25, 0.3) is 0 Å². The summed E-state index contributed by atoms with van der Waals surface area (Å²) in [5.41, 5.74) is 7.04. The van der Waals surface area contributed by atoms with E-state index in [4.69, 9.17) is 5.73 Å². The molecule has 1 atom stereocenters. The molecule has 0 radical (unpaired) electrons. The minimum atomic E-state index is -3.40. The van der Waals surface area contributed by atoms with Crippen LogP contribution in [0.1, 0.15) is 55.3 Å². The van der Waals surface area contributed by atoms with Crippen molar-refractivity contribution in [1.29, 1.82) is 0 Å². The zero-order valence-corrected chi connectivity index (χ0v) is 18.5. The van der Waals surface area contributed by atoms with Gasteiger partial charge in [-0.25, -0.2) is 8.42 Å². The summed E-state index contributed by atoms with van der Waals surface area (Å²) >= 11 is 0. The second-order valence-corrected chi connectivity index (χ2v) is 10.3. The SMILES string of the molecule is CN(C(=O)[C@@H](N)C1CCC(NC(=O)c2cccc(NS(C)(=O)=O)c2)CC1)C1CCC1. The van der Waals surface area contributed by atoms with E-state index in [-0.39, 0.29) is 23.8 Å². The maximum absolute atomic E-state index is 12.6. The van der Waals surface area contributed by atoms with Gasteiger partial charge in [-0.15, -0.1) is 0 Å². The van der Waals surface area contributed by atoms with Crippen LogP contribution in [0.3, 0.4) is 0 Å². The molecule has 0 aromatic heterocycles. The molecule has 8 nitrogen and oxygen atoms in total. The number of sulfonamides is 1. The summed E-state index contributed by atoms with van der Waals surface area (Å²) in [5, 5.41) is 3.02. The summed E-state index contributed by atoms with van der Waals surface area (Å²) in [7, 11) is -1.55. The van der Waals surface area contributed by atoms with Crippen molar-refractivity contribution in [1.82, 2.24) is 10.2 Å². The van der Waals surface area contributed by atoms with E-state index in [2.05, 4.69) is 10.0 Å². The molecule has 1 aromatic rings. The molecule has 0 heterocycles. The minimum absolute atomic E-state index is 0.0203. The number of rotatable bonds is 7. The number of nitrogens with one attached hydrogen (secondary N) is 2. The van der Waals surface area contributed by atoms with Gasteiger partial charge in [-0.3, -0.25) is 14.3 Å². The monoisotopic (exact) mass is 436 g/mol. The maximum Gasteiger partial charge on any atom is 0.251 e. The van der Waals surface area contributed by atoms with Crippen LogP contribution in [0, 0.1) is 5.92 Å². The molecule has 0 bridgehead atoms. The van der Waals surface area contributed by atoms with Crippen molar-refractivity contribution in [2.75, 3.05) is 18.0 Å². The van der Waals surface area contributed by atoms with Crippen LogP contribution in [-0.2, 0) is 14.8 Å². The molecule has 2 fully saturated rings. The Hall–Kier alpha value is -2.13. The van der Waals surface area contributed by atoms with Gasteiger partial charge >= 0.3 is 0 Å². The topological polar surface area (TPSA) is 122 Å². The Bertz CT molecular complexity index is 877. The number of nitrogens with zero attached hydrogens (tertiary/aromatic N) is 1. The van der Waals surface area contributed by atoms with Gasteiger partial charge < -0.3 is 16.0 Å². The molecule has 166 valence electrons.